The van der Waals surface area contributed by atoms with Gasteiger partial charge in [0.05, 0.1) is 16.4 Å². The fraction of sp³-hybridized carbons (Fsp3) is 0.682. The molecule has 0 unspecified atom stereocenters. The van der Waals surface area contributed by atoms with Gasteiger partial charge in [0.2, 0.25) is 0 Å². The maximum Gasteiger partial charge on any atom is 0.190 e. The lowest BCUT2D eigenvalue weighted by molar-refractivity contribution is 0.176. The summed E-state index contributed by atoms with van der Waals surface area (Å²) in [4.78, 5) is 11.6. The van der Waals surface area contributed by atoms with E-state index < -0.39 is 0 Å². The maximum atomic E-state index is 4.71. The van der Waals surface area contributed by atoms with Crippen molar-refractivity contribution in [3.05, 3.63) is 33.5 Å². The van der Waals surface area contributed by atoms with Gasteiger partial charge in [-0.3, -0.25) is 14.6 Å². The summed E-state index contributed by atoms with van der Waals surface area (Å²) in [6, 6.07) is 2.12. The van der Waals surface area contributed by atoms with Crippen molar-refractivity contribution in [2.24, 2.45) is 10.9 Å². The van der Waals surface area contributed by atoms with E-state index in [9.17, 15) is 0 Å². The van der Waals surface area contributed by atoms with Crippen LogP contribution >= 0.6 is 35.3 Å². The summed E-state index contributed by atoms with van der Waals surface area (Å²) in [5, 5.41) is 14.9. The minimum atomic E-state index is 0. The minimum absolute atomic E-state index is 0. The van der Waals surface area contributed by atoms with Crippen LogP contribution in [0.1, 0.15) is 48.3 Å². The van der Waals surface area contributed by atoms with Gasteiger partial charge in [0.15, 0.2) is 5.96 Å². The van der Waals surface area contributed by atoms with Gasteiger partial charge in [-0.1, -0.05) is 6.92 Å². The normalized spacial score (nSPS) is 15.7. The highest BCUT2D eigenvalue weighted by molar-refractivity contribution is 14.0. The molecule has 7 nitrogen and oxygen atoms in total. The third kappa shape index (κ3) is 8.34. The van der Waals surface area contributed by atoms with Crippen molar-refractivity contribution in [1.82, 2.24) is 30.3 Å². The first-order chi connectivity index (χ1) is 14.6. The first kappa shape index (κ1) is 26.1. The average Bonchev–Trinajstić information content (AvgIpc) is 3.33. The summed E-state index contributed by atoms with van der Waals surface area (Å²) in [6.45, 7) is 12.4. The number of rotatable bonds is 9. The minimum Gasteiger partial charge on any atom is -0.356 e. The lowest BCUT2D eigenvalue weighted by Crippen LogP contribution is -2.43. The van der Waals surface area contributed by atoms with Crippen LogP contribution in [0.25, 0.3) is 0 Å². The highest BCUT2D eigenvalue weighted by Gasteiger charge is 2.20. The van der Waals surface area contributed by atoms with E-state index in [0.29, 0.717) is 5.92 Å². The largest absolute Gasteiger partial charge is 0.356 e. The average molecular weight is 560 g/mol. The van der Waals surface area contributed by atoms with Gasteiger partial charge < -0.3 is 10.6 Å². The number of piperidine rings is 1. The van der Waals surface area contributed by atoms with E-state index in [2.05, 4.69) is 55.6 Å². The van der Waals surface area contributed by atoms with Crippen LogP contribution in [0.5, 0.6) is 0 Å². The molecule has 0 amide bonds. The molecule has 174 valence electrons. The summed E-state index contributed by atoms with van der Waals surface area (Å²) >= 11 is 1.79. The molecule has 0 aliphatic carbocycles. The van der Waals surface area contributed by atoms with Crippen molar-refractivity contribution < 1.29 is 0 Å². The Morgan fingerprint density at radius 1 is 1.26 bits per heavy atom. The number of aliphatic imine (C=N–C) groups is 1. The van der Waals surface area contributed by atoms with Gasteiger partial charge in [0, 0.05) is 44.3 Å². The van der Waals surface area contributed by atoms with Crippen molar-refractivity contribution in [2.75, 3.05) is 33.2 Å². The molecule has 9 heteroatoms. The molecule has 0 atom stereocenters. The monoisotopic (exact) mass is 559 g/mol. The summed E-state index contributed by atoms with van der Waals surface area (Å²) in [6.07, 6.45) is 4.52. The molecule has 0 aromatic carbocycles. The zero-order valence-corrected chi connectivity index (χ0v) is 22.5. The molecule has 2 aromatic rings. The Bertz CT molecular complexity index is 809. The Balaban J connectivity index is 0.00000341. The van der Waals surface area contributed by atoms with Crippen molar-refractivity contribution in [3.8, 4) is 0 Å². The molecule has 1 saturated heterocycles. The third-order valence-corrected chi connectivity index (χ3v) is 6.76. The predicted octanol–water partition coefficient (Wildman–Crippen LogP) is 3.60. The number of nitrogens with one attached hydrogen (secondary N) is 2. The second kappa shape index (κ2) is 13.4. The Labute approximate surface area is 208 Å². The van der Waals surface area contributed by atoms with Gasteiger partial charge in [-0.25, -0.2) is 4.98 Å². The lowest BCUT2D eigenvalue weighted by Gasteiger charge is -2.31. The van der Waals surface area contributed by atoms with Crippen LogP contribution in [-0.2, 0) is 19.5 Å². The van der Waals surface area contributed by atoms with Crippen LogP contribution in [-0.4, -0.2) is 58.9 Å². The van der Waals surface area contributed by atoms with E-state index in [4.69, 9.17) is 4.98 Å². The van der Waals surface area contributed by atoms with E-state index >= 15 is 0 Å². The smallest absolute Gasteiger partial charge is 0.190 e. The first-order valence-electron chi connectivity index (χ1n) is 11.2. The molecular weight excluding hydrogens is 521 g/mol. The molecule has 1 aliphatic rings. The van der Waals surface area contributed by atoms with E-state index in [0.717, 1.165) is 63.8 Å². The Morgan fingerprint density at radius 2 is 2.03 bits per heavy atom. The number of aromatic nitrogens is 3. The zero-order chi connectivity index (χ0) is 21.3. The molecule has 2 N–H and O–H groups in total. The summed E-state index contributed by atoms with van der Waals surface area (Å²) in [5.41, 5.74) is 3.54. The van der Waals surface area contributed by atoms with Crippen LogP contribution in [0, 0.1) is 19.8 Å². The van der Waals surface area contributed by atoms with Crippen LogP contribution < -0.4 is 10.6 Å². The lowest BCUT2D eigenvalue weighted by atomic mass is 9.97. The number of guanidine groups is 1. The van der Waals surface area contributed by atoms with Crippen molar-refractivity contribution >= 4 is 41.3 Å². The fourth-order valence-corrected chi connectivity index (χ4v) is 4.70. The molecule has 0 bridgehead atoms. The van der Waals surface area contributed by atoms with Crippen molar-refractivity contribution in [1.29, 1.82) is 0 Å². The van der Waals surface area contributed by atoms with Gasteiger partial charge >= 0.3 is 0 Å². The Hall–Kier alpha value is -1.20. The quantitative estimate of drug-likeness (QED) is 0.213. The van der Waals surface area contributed by atoms with Crippen molar-refractivity contribution in [2.45, 2.75) is 59.5 Å². The van der Waals surface area contributed by atoms with Crippen LogP contribution in [0.15, 0.2) is 16.4 Å². The number of aryl methyl sites for hydroxylation is 4. The molecule has 0 spiro atoms. The second-order valence-corrected chi connectivity index (χ2v) is 9.13. The van der Waals surface area contributed by atoms with E-state index in [1.165, 1.54) is 29.2 Å². The number of thiazole rings is 1. The summed E-state index contributed by atoms with van der Waals surface area (Å²) < 4.78 is 2.08. The number of nitrogens with zero attached hydrogens (tertiary/aromatic N) is 5. The van der Waals surface area contributed by atoms with Gasteiger partial charge in [-0.05, 0) is 64.6 Å². The zero-order valence-electron chi connectivity index (χ0n) is 19.4. The highest BCUT2D eigenvalue weighted by atomic mass is 127. The standard InChI is InChI=1S/C22H37N7S.HI/c1-5-21-26-20(16-30-21)15-28-11-7-19(8-12-28)14-25-22(23-4)24-9-6-10-29-18(3)13-17(2)27-29;/h13,16,19H,5-12,14-15H2,1-4H3,(H2,23,24,25);1H. The number of likely N-dealkylation sites (tertiary alicyclic amines) is 1. The van der Waals surface area contributed by atoms with Gasteiger partial charge in [0.1, 0.15) is 0 Å². The van der Waals surface area contributed by atoms with E-state index in [1.54, 1.807) is 11.3 Å². The van der Waals surface area contributed by atoms with Crippen LogP contribution in [0.3, 0.4) is 0 Å². The molecule has 0 saturated carbocycles. The Morgan fingerprint density at radius 3 is 2.65 bits per heavy atom. The predicted molar refractivity (Wildman–Crippen MR) is 141 cm³/mol. The molecular formula is C22H38IN7S. The molecule has 31 heavy (non-hydrogen) atoms. The SMILES string of the molecule is CCc1nc(CN2CCC(CNC(=NC)NCCCn3nc(C)cc3C)CC2)cs1.I. The number of hydrogen-bond acceptors (Lipinski definition) is 5. The van der Waals surface area contributed by atoms with E-state index in [-0.39, 0.29) is 24.0 Å². The summed E-state index contributed by atoms with van der Waals surface area (Å²) in [5.74, 6) is 1.61. The van der Waals surface area contributed by atoms with Gasteiger partial charge in [0.25, 0.3) is 0 Å². The second-order valence-electron chi connectivity index (χ2n) is 8.19. The molecule has 1 aliphatic heterocycles. The topological polar surface area (TPSA) is 70.4 Å². The van der Waals surface area contributed by atoms with Crippen molar-refractivity contribution in [3.63, 3.8) is 0 Å². The van der Waals surface area contributed by atoms with Crippen LogP contribution in [0.2, 0.25) is 0 Å². The first-order valence-corrected chi connectivity index (χ1v) is 12.1. The Kier molecular flexibility index (Phi) is 11.2. The number of halogens is 1. The summed E-state index contributed by atoms with van der Waals surface area (Å²) in [7, 11) is 1.84. The molecule has 3 rings (SSSR count). The van der Waals surface area contributed by atoms with E-state index in [1.807, 2.05) is 14.0 Å². The third-order valence-electron chi connectivity index (χ3n) is 5.72. The highest BCUT2D eigenvalue weighted by Crippen LogP contribution is 2.19. The maximum absolute atomic E-state index is 4.71. The molecule has 1 fully saturated rings. The van der Waals surface area contributed by atoms with Gasteiger partial charge in [-0.15, -0.1) is 35.3 Å². The van der Waals surface area contributed by atoms with Gasteiger partial charge in [-0.2, -0.15) is 5.10 Å². The number of hydrogen-bond donors (Lipinski definition) is 2. The molecule has 0 radical (unpaired) electrons. The molecule has 3 heterocycles. The van der Waals surface area contributed by atoms with Crippen LogP contribution in [0.4, 0.5) is 0 Å². The fourth-order valence-electron chi connectivity index (χ4n) is 3.96. The molecule has 2 aromatic heterocycles.